The van der Waals surface area contributed by atoms with Gasteiger partial charge in [-0.2, -0.15) is 0 Å². The van der Waals surface area contributed by atoms with Gasteiger partial charge in [0.1, 0.15) is 5.69 Å². The van der Waals surface area contributed by atoms with Crippen molar-refractivity contribution in [3.05, 3.63) is 41.5 Å². The number of methoxy groups -OCH3 is 2. The predicted octanol–water partition coefficient (Wildman–Crippen LogP) is 2.56. The fraction of sp³-hybridized carbons (Fsp3) is 0.125. The van der Waals surface area contributed by atoms with E-state index in [1.165, 1.54) is 38.6 Å². The lowest BCUT2D eigenvalue weighted by Crippen LogP contribution is -1.97. The molecule has 0 saturated heterocycles. The van der Waals surface area contributed by atoms with Gasteiger partial charge >= 0.3 is 5.97 Å². The number of rotatable bonds is 5. The number of aromatic carboxylic acids is 1. The molecule has 0 aliphatic rings. The van der Waals surface area contributed by atoms with Crippen LogP contribution < -0.4 is 9.47 Å². The van der Waals surface area contributed by atoms with Crippen LogP contribution in [0.25, 0.3) is 0 Å². The van der Waals surface area contributed by atoms with Gasteiger partial charge in [-0.25, -0.2) is 4.79 Å². The summed E-state index contributed by atoms with van der Waals surface area (Å²) in [5.41, 5.74) is 0.586. The molecule has 0 spiro atoms. The lowest BCUT2D eigenvalue weighted by Gasteiger charge is -2.07. The van der Waals surface area contributed by atoms with Crippen molar-refractivity contribution < 1.29 is 29.6 Å². The van der Waals surface area contributed by atoms with Crippen LogP contribution >= 0.6 is 0 Å². The highest BCUT2D eigenvalue weighted by Gasteiger charge is 2.13. The Morgan fingerprint density at radius 2 is 1.78 bits per heavy atom. The Morgan fingerprint density at radius 1 is 1.09 bits per heavy atom. The maximum absolute atomic E-state index is 11.1. The molecular weight excluding hydrogens is 302 g/mol. The number of ether oxygens (including phenoxy) is 2. The molecule has 0 heterocycles. The van der Waals surface area contributed by atoms with E-state index < -0.39 is 5.97 Å². The summed E-state index contributed by atoms with van der Waals surface area (Å²) in [6.07, 6.45) is 1.40. The van der Waals surface area contributed by atoms with Crippen LogP contribution in [0.5, 0.6) is 23.0 Å². The van der Waals surface area contributed by atoms with Gasteiger partial charge < -0.3 is 24.8 Å². The van der Waals surface area contributed by atoms with Gasteiger partial charge in [-0.05, 0) is 35.9 Å². The quantitative estimate of drug-likeness (QED) is 0.731. The van der Waals surface area contributed by atoms with Crippen LogP contribution in [0, 0.1) is 0 Å². The van der Waals surface area contributed by atoms with E-state index in [4.69, 9.17) is 14.6 Å². The average molecular weight is 317 g/mol. The minimum atomic E-state index is -1.16. The number of aromatic hydroxyl groups is 2. The molecule has 2 aromatic rings. The molecule has 0 aromatic heterocycles. The van der Waals surface area contributed by atoms with Crippen LogP contribution in [-0.2, 0) is 0 Å². The number of aliphatic imine (C=N–C) groups is 1. The molecule has 0 aliphatic heterocycles. The summed E-state index contributed by atoms with van der Waals surface area (Å²) < 4.78 is 9.93. The first-order chi connectivity index (χ1) is 11.0. The summed E-state index contributed by atoms with van der Waals surface area (Å²) in [5.74, 6) is -1.15. The summed E-state index contributed by atoms with van der Waals surface area (Å²) in [6, 6.07) is 7.02. The fourth-order valence-electron chi connectivity index (χ4n) is 1.89. The molecule has 0 aliphatic carbocycles. The first-order valence-electron chi connectivity index (χ1n) is 6.51. The maximum Gasteiger partial charge on any atom is 0.335 e. The third kappa shape index (κ3) is 3.52. The number of phenols is 2. The fourth-order valence-corrected chi connectivity index (χ4v) is 1.89. The number of benzene rings is 2. The Labute approximate surface area is 132 Å². The molecule has 0 bridgehead atoms. The second-order valence-electron chi connectivity index (χ2n) is 4.54. The molecule has 0 atom stereocenters. The van der Waals surface area contributed by atoms with Crippen molar-refractivity contribution in [1.82, 2.24) is 0 Å². The van der Waals surface area contributed by atoms with Gasteiger partial charge in [-0.3, -0.25) is 4.99 Å². The summed E-state index contributed by atoms with van der Waals surface area (Å²) in [4.78, 5) is 15.2. The van der Waals surface area contributed by atoms with Crippen LogP contribution in [0.2, 0.25) is 0 Å². The first kappa shape index (κ1) is 16.2. The van der Waals surface area contributed by atoms with Gasteiger partial charge in [0, 0.05) is 6.21 Å². The van der Waals surface area contributed by atoms with Gasteiger partial charge in [0.05, 0.1) is 19.8 Å². The standard InChI is InChI=1S/C16H15NO6/c1-22-13-5-9(3-4-12(13)18)8-17-11-6-10(16(20)21)7-14(23-2)15(11)19/h3-8,18-19H,1-2H3,(H,20,21). The number of hydrogen-bond acceptors (Lipinski definition) is 6. The average Bonchev–Trinajstić information content (AvgIpc) is 2.54. The number of phenolic OH excluding ortho intramolecular Hbond substituents is 2. The number of carbonyl (C=O) groups is 1. The van der Waals surface area contributed by atoms with Crippen LogP contribution in [0.3, 0.4) is 0 Å². The Bertz CT molecular complexity index is 769. The van der Waals surface area contributed by atoms with Crippen LogP contribution in [-0.4, -0.2) is 41.7 Å². The SMILES string of the molecule is COc1cc(C=Nc2cc(C(=O)O)cc(OC)c2O)ccc1O. The van der Waals surface area contributed by atoms with Gasteiger partial charge in [0.15, 0.2) is 23.0 Å². The number of carboxylic acids is 1. The minimum Gasteiger partial charge on any atom is -0.504 e. The molecule has 0 unspecified atom stereocenters. The Kier molecular flexibility index (Phi) is 4.70. The summed E-state index contributed by atoms with van der Waals surface area (Å²) in [6.45, 7) is 0. The summed E-state index contributed by atoms with van der Waals surface area (Å²) >= 11 is 0. The third-order valence-corrected chi connectivity index (χ3v) is 3.08. The van der Waals surface area contributed by atoms with Crippen molar-refractivity contribution in [3.8, 4) is 23.0 Å². The van der Waals surface area contributed by atoms with Crippen LogP contribution in [0.4, 0.5) is 5.69 Å². The van der Waals surface area contributed by atoms with Gasteiger partial charge in [0.2, 0.25) is 0 Å². The summed E-state index contributed by atoms with van der Waals surface area (Å²) in [5, 5.41) is 28.6. The highest BCUT2D eigenvalue weighted by atomic mass is 16.5. The molecule has 7 nitrogen and oxygen atoms in total. The summed E-state index contributed by atoms with van der Waals surface area (Å²) in [7, 11) is 2.74. The normalized spacial score (nSPS) is 10.7. The molecule has 0 radical (unpaired) electrons. The van der Waals surface area contributed by atoms with E-state index in [0.717, 1.165) is 0 Å². The van der Waals surface area contributed by atoms with Crippen molar-refractivity contribution >= 4 is 17.9 Å². The molecule has 2 aromatic carbocycles. The van der Waals surface area contributed by atoms with Crippen molar-refractivity contribution in [2.75, 3.05) is 14.2 Å². The monoisotopic (exact) mass is 317 g/mol. The number of nitrogens with zero attached hydrogens (tertiary/aromatic N) is 1. The molecule has 2 rings (SSSR count). The van der Waals surface area contributed by atoms with E-state index in [2.05, 4.69) is 4.99 Å². The maximum atomic E-state index is 11.1. The number of hydrogen-bond donors (Lipinski definition) is 3. The van der Waals surface area contributed by atoms with E-state index in [9.17, 15) is 15.0 Å². The number of carboxylic acid groups (broad SMARTS) is 1. The molecule has 3 N–H and O–H groups in total. The Morgan fingerprint density at radius 3 is 2.39 bits per heavy atom. The van der Waals surface area contributed by atoms with Gasteiger partial charge in [-0.1, -0.05) is 0 Å². The molecule has 7 heteroatoms. The predicted molar refractivity (Wildman–Crippen MR) is 83.5 cm³/mol. The molecule has 0 saturated carbocycles. The Hall–Kier alpha value is -3.22. The lowest BCUT2D eigenvalue weighted by molar-refractivity contribution is 0.0696. The molecule has 120 valence electrons. The molecule has 23 heavy (non-hydrogen) atoms. The Balaban J connectivity index is 2.42. The van der Waals surface area contributed by atoms with Crippen molar-refractivity contribution in [3.63, 3.8) is 0 Å². The molecular formula is C16H15NO6. The zero-order valence-corrected chi connectivity index (χ0v) is 12.5. The highest BCUT2D eigenvalue weighted by molar-refractivity contribution is 5.91. The topological polar surface area (TPSA) is 109 Å². The van der Waals surface area contributed by atoms with Crippen LogP contribution in [0.15, 0.2) is 35.3 Å². The minimum absolute atomic E-state index is 0.0120. The highest BCUT2D eigenvalue weighted by Crippen LogP contribution is 2.37. The largest absolute Gasteiger partial charge is 0.504 e. The smallest absolute Gasteiger partial charge is 0.335 e. The lowest BCUT2D eigenvalue weighted by atomic mass is 10.1. The first-order valence-corrected chi connectivity index (χ1v) is 6.51. The molecule has 0 amide bonds. The second-order valence-corrected chi connectivity index (χ2v) is 4.54. The van der Waals surface area contributed by atoms with E-state index in [1.54, 1.807) is 12.1 Å². The van der Waals surface area contributed by atoms with Gasteiger partial charge in [0.25, 0.3) is 0 Å². The van der Waals surface area contributed by atoms with Crippen LogP contribution in [0.1, 0.15) is 15.9 Å². The van der Waals surface area contributed by atoms with Gasteiger partial charge in [-0.15, -0.1) is 0 Å². The van der Waals surface area contributed by atoms with E-state index in [0.29, 0.717) is 5.56 Å². The van der Waals surface area contributed by atoms with E-state index in [-0.39, 0.29) is 34.2 Å². The van der Waals surface area contributed by atoms with Crippen molar-refractivity contribution in [1.29, 1.82) is 0 Å². The van der Waals surface area contributed by atoms with E-state index >= 15 is 0 Å². The zero-order chi connectivity index (χ0) is 17.0. The molecule has 0 fully saturated rings. The third-order valence-electron chi connectivity index (χ3n) is 3.08. The van der Waals surface area contributed by atoms with Crippen molar-refractivity contribution in [2.24, 2.45) is 4.99 Å². The van der Waals surface area contributed by atoms with Crippen molar-refractivity contribution in [2.45, 2.75) is 0 Å². The van der Waals surface area contributed by atoms with E-state index in [1.807, 2.05) is 0 Å². The zero-order valence-electron chi connectivity index (χ0n) is 12.5. The second kappa shape index (κ2) is 6.69.